The molecule has 10 heteroatoms. The van der Waals surface area contributed by atoms with Gasteiger partial charge in [-0.15, -0.1) is 0 Å². The molecule has 1 aliphatic rings. The molecule has 0 bridgehead atoms. The van der Waals surface area contributed by atoms with E-state index in [1.54, 1.807) is 0 Å². The van der Waals surface area contributed by atoms with E-state index in [-0.39, 0.29) is 32.0 Å². The fraction of sp³-hybridized carbons (Fsp3) is 0.922. The van der Waals surface area contributed by atoms with Crippen LogP contribution >= 0.6 is 0 Å². The fourth-order valence-corrected chi connectivity index (χ4v) is 8.07. The number of ether oxygens (including phenoxy) is 4. The van der Waals surface area contributed by atoms with E-state index in [1.165, 1.54) is 161 Å². The molecule has 0 aromatic rings. The molecule has 0 amide bonds. The van der Waals surface area contributed by atoms with Crippen LogP contribution in [0.2, 0.25) is 0 Å². The molecular weight excluding hydrogens is 773 g/mol. The van der Waals surface area contributed by atoms with Crippen LogP contribution in [0.4, 0.5) is 0 Å². The van der Waals surface area contributed by atoms with E-state index in [0.717, 1.165) is 51.4 Å². The van der Waals surface area contributed by atoms with Crippen molar-refractivity contribution in [2.24, 2.45) is 0 Å². The van der Waals surface area contributed by atoms with Gasteiger partial charge in [0.1, 0.15) is 31.0 Å². The van der Waals surface area contributed by atoms with Gasteiger partial charge in [0.25, 0.3) is 0 Å². The van der Waals surface area contributed by atoms with Gasteiger partial charge < -0.3 is 39.4 Å². The number of carbonyl (C=O) groups excluding carboxylic acids is 2. The molecule has 0 radical (unpaired) electrons. The predicted molar refractivity (Wildman–Crippen MR) is 247 cm³/mol. The Morgan fingerprint density at radius 1 is 0.492 bits per heavy atom. The minimum atomic E-state index is -1.59. The molecule has 0 spiro atoms. The van der Waals surface area contributed by atoms with Crippen molar-refractivity contribution in [1.29, 1.82) is 0 Å². The average molecular weight is 869 g/mol. The SMILES string of the molecule is CCCCCCCC/C=C/CCCCCCCC(=O)O[C@@H](COC(=O)CCCCCCCCCCCCCCCCCCCCCCC)CO[C@H]1O[C@@H](CO)[C@@H](O)C(O)C1O. The van der Waals surface area contributed by atoms with Crippen LogP contribution in [0.5, 0.6) is 0 Å². The Morgan fingerprint density at radius 2 is 0.869 bits per heavy atom. The highest BCUT2D eigenvalue weighted by Crippen LogP contribution is 2.23. The quantitative estimate of drug-likeness (QED) is 0.0264. The third kappa shape index (κ3) is 33.6. The highest BCUT2D eigenvalue weighted by molar-refractivity contribution is 5.70. The van der Waals surface area contributed by atoms with Crippen LogP contribution in [0.3, 0.4) is 0 Å². The number of hydrogen-bond acceptors (Lipinski definition) is 10. The Bertz CT molecular complexity index is 1010. The van der Waals surface area contributed by atoms with Gasteiger partial charge >= 0.3 is 11.9 Å². The largest absolute Gasteiger partial charge is 0.462 e. The van der Waals surface area contributed by atoms with Crippen LogP contribution in [0, 0.1) is 0 Å². The molecule has 1 fully saturated rings. The van der Waals surface area contributed by atoms with Crippen LogP contribution in [0.15, 0.2) is 12.2 Å². The molecule has 6 atom stereocenters. The third-order valence-electron chi connectivity index (χ3n) is 12.2. The average Bonchev–Trinajstić information content (AvgIpc) is 3.26. The molecule has 0 saturated carbocycles. The monoisotopic (exact) mass is 869 g/mol. The summed E-state index contributed by atoms with van der Waals surface area (Å²) in [6.45, 7) is 3.45. The molecule has 10 nitrogen and oxygen atoms in total. The molecule has 61 heavy (non-hydrogen) atoms. The minimum absolute atomic E-state index is 0.215. The number of aliphatic hydroxyl groups excluding tert-OH is 4. The number of allylic oxidation sites excluding steroid dienone is 2. The van der Waals surface area contributed by atoms with Crippen molar-refractivity contribution < 1.29 is 49.0 Å². The summed E-state index contributed by atoms with van der Waals surface area (Å²) in [6, 6.07) is 0. The molecule has 1 rings (SSSR count). The second kappa shape index (κ2) is 42.4. The molecule has 0 aliphatic carbocycles. The number of aliphatic hydroxyl groups is 4. The van der Waals surface area contributed by atoms with Crippen molar-refractivity contribution in [2.75, 3.05) is 19.8 Å². The second-order valence-electron chi connectivity index (χ2n) is 18.0. The molecule has 1 aliphatic heterocycles. The van der Waals surface area contributed by atoms with Crippen LogP contribution < -0.4 is 0 Å². The molecule has 1 heterocycles. The summed E-state index contributed by atoms with van der Waals surface area (Å²) in [5, 5.41) is 40.2. The predicted octanol–water partition coefficient (Wildman–Crippen LogP) is 11.9. The normalized spacial score (nSPS) is 19.7. The third-order valence-corrected chi connectivity index (χ3v) is 12.2. The molecule has 1 saturated heterocycles. The van der Waals surface area contributed by atoms with Gasteiger partial charge in [-0.05, 0) is 38.5 Å². The van der Waals surface area contributed by atoms with Crippen LogP contribution in [-0.4, -0.2) is 89.0 Å². The van der Waals surface area contributed by atoms with E-state index in [1.807, 2.05) is 0 Å². The van der Waals surface area contributed by atoms with E-state index < -0.39 is 49.4 Å². The number of esters is 2. The Kier molecular flexibility index (Phi) is 39.9. The van der Waals surface area contributed by atoms with E-state index >= 15 is 0 Å². The molecule has 0 aromatic carbocycles. The van der Waals surface area contributed by atoms with Gasteiger partial charge in [0, 0.05) is 12.8 Å². The van der Waals surface area contributed by atoms with E-state index in [2.05, 4.69) is 26.0 Å². The molecule has 360 valence electrons. The van der Waals surface area contributed by atoms with Crippen molar-refractivity contribution in [3.63, 3.8) is 0 Å². The zero-order chi connectivity index (χ0) is 44.4. The number of hydrogen-bond donors (Lipinski definition) is 4. The molecule has 0 aromatic heterocycles. The maximum atomic E-state index is 12.8. The fourth-order valence-electron chi connectivity index (χ4n) is 8.07. The Hall–Kier alpha value is -1.56. The van der Waals surface area contributed by atoms with Gasteiger partial charge in [-0.2, -0.15) is 0 Å². The second-order valence-corrected chi connectivity index (χ2v) is 18.0. The Morgan fingerprint density at radius 3 is 1.28 bits per heavy atom. The zero-order valence-electron chi connectivity index (χ0n) is 39.4. The topological polar surface area (TPSA) is 152 Å². The maximum absolute atomic E-state index is 12.8. The first kappa shape index (κ1) is 57.5. The summed E-state index contributed by atoms with van der Waals surface area (Å²) in [5.41, 5.74) is 0. The highest BCUT2D eigenvalue weighted by Gasteiger charge is 2.44. The standard InChI is InChI=1S/C51H96O10/c1-3-5-7-9-11-13-15-17-19-20-21-22-23-24-26-27-29-31-33-35-37-39-46(53)58-42-44(43-59-51-50(57)49(56)48(55)45(41-52)61-51)60-47(54)40-38-36-34-32-30-28-25-18-16-14-12-10-8-6-4-2/h18,25,44-45,48-52,55-57H,3-17,19-24,26-43H2,1-2H3/b25-18+/t44-,45-,48+,49?,50?,51-/m0/s1. The van der Waals surface area contributed by atoms with E-state index in [0.29, 0.717) is 6.42 Å². The van der Waals surface area contributed by atoms with Crippen LogP contribution in [0.1, 0.15) is 245 Å². The van der Waals surface area contributed by atoms with Crippen LogP contribution in [0.25, 0.3) is 0 Å². The van der Waals surface area contributed by atoms with Crippen molar-refractivity contribution in [2.45, 2.75) is 282 Å². The van der Waals surface area contributed by atoms with Crippen molar-refractivity contribution in [1.82, 2.24) is 0 Å². The van der Waals surface area contributed by atoms with Gasteiger partial charge in [0.15, 0.2) is 12.4 Å². The molecule has 2 unspecified atom stereocenters. The lowest BCUT2D eigenvalue weighted by molar-refractivity contribution is -0.305. The smallest absolute Gasteiger partial charge is 0.306 e. The lowest BCUT2D eigenvalue weighted by Crippen LogP contribution is -2.59. The van der Waals surface area contributed by atoms with Gasteiger partial charge in [-0.3, -0.25) is 9.59 Å². The molecule has 4 N–H and O–H groups in total. The Balaban J connectivity index is 2.23. The number of rotatable bonds is 44. The van der Waals surface area contributed by atoms with E-state index in [9.17, 15) is 30.0 Å². The number of unbranched alkanes of at least 4 members (excludes halogenated alkanes) is 31. The zero-order valence-corrected chi connectivity index (χ0v) is 39.4. The summed E-state index contributed by atoms with van der Waals surface area (Å²) < 4.78 is 22.2. The highest BCUT2D eigenvalue weighted by atomic mass is 16.7. The minimum Gasteiger partial charge on any atom is -0.462 e. The first-order chi connectivity index (χ1) is 29.8. The maximum Gasteiger partial charge on any atom is 0.306 e. The van der Waals surface area contributed by atoms with Crippen LogP contribution in [-0.2, 0) is 28.5 Å². The molecular formula is C51H96O10. The summed E-state index contributed by atoms with van der Waals surface area (Å²) in [6.07, 6.45) is 39.4. The summed E-state index contributed by atoms with van der Waals surface area (Å²) in [5.74, 6) is -0.802. The van der Waals surface area contributed by atoms with Crippen molar-refractivity contribution >= 4 is 11.9 Å². The van der Waals surface area contributed by atoms with Crippen molar-refractivity contribution in [3.8, 4) is 0 Å². The van der Waals surface area contributed by atoms with Gasteiger partial charge in [-0.25, -0.2) is 0 Å². The lowest BCUT2D eigenvalue weighted by atomic mass is 9.99. The number of carbonyl (C=O) groups is 2. The summed E-state index contributed by atoms with van der Waals surface area (Å²) in [4.78, 5) is 25.4. The summed E-state index contributed by atoms with van der Waals surface area (Å²) in [7, 11) is 0. The first-order valence-electron chi connectivity index (χ1n) is 25.8. The van der Waals surface area contributed by atoms with E-state index in [4.69, 9.17) is 18.9 Å². The van der Waals surface area contributed by atoms with Crippen molar-refractivity contribution in [3.05, 3.63) is 12.2 Å². The lowest BCUT2D eigenvalue weighted by Gasteiger charge is -2.39. The van der Waals surface area contributed by atoms with Gasteiger partial charge in [0.2, 0.25) is 0 Å². The Labute approximate surface area is 373 Å². The van der Waals surface area contributed by atoms with Gasteiger partial charge in [-0.1, -0.05) is 206 Å². The summed E-state index contributed by atoms with van der Waals surface area (Å²) >= 11 is 0. The van der Waals surface area contributed by atoms with Gasteiger partial charge in [0.05, 0.1) is 13.2 Å². The first-order valence-corrected chi connectivity index (χ1v) is 25.8.